The van der Waals surface area contributed by atoms with E-state index >= 15 is 0 Å². The number of amides is 2. The quantitative estimate of drug-likeness (QED) is 0.785. The fraction of sp³-hybridized carbons (Fsp3) is 0.474. The van der Waals surface area contributed by atoms with Gasteiger partial charge >= 0.3 is 12.6 Å². The number of urea groups is 1. The second-order valence-electron chi connectivity index (χ2n) is 6.75. The number of morpholine rings is 1. The zero-order valence-corrected chi connectivity index (χ0v) is 15.9. The van der Waals surface area contributed by atoms with Gasteiger partial charge in [-0.2, -0.15) is 8.78 Å². The number of nitrogens with zero attached hydrogens (tertiary/aromatic N) is 4. The zero-order valence-electron chi connectivity index (χ0n) is 15.9. The van der Waals surface area contributed by atoms with Crippen LogP contribution in [0.25, 0.3) is 0 Å². The fourth-order valence-corrected chi connectivity index (χ4v) is 3.02. The summed E-state index contributed by atoms with van der Waals surface area (Å²) in [5, 5.41) is 2.80. The van der Waals surface area contributed by atoms with Gasteiger partial charge in [-0.3, -0.25) is 9.47 Å². The lowest BCUT2D eigenvalue weighted by Gasteiger charge is -2.26. The number of carbonyl (C=O) groups is 1. The van der Waals surface area contributed by atoms with Crippen LogP contribution in [-0.2, 0) is 24.4 Å². The fourth-order valence-electron chi connectivity index (χ4n) is 3.02. The van der Waals surface area contributed by atoms with E-state index < -0.39 is 6.55 Å². The molecule has 1 saturated heterocycles. The van der Waals surface area contributed by atoms with Crippen LogP contribution in [0, 0.1) is 0 Å². The summed E-state index contributed by atoms with van der Waals surface area (Å²) >= 11 is 0. The Kier molecular flexibility index (Phi) is 6.94. The first-order valence-corrected chi connectivity index (χ1v) is 9.19. The average molecular weight is 393 g/mol. The van der Waals surface area contributed by atoms with Crippen molar-refractivity contribution in [2.24, 2.45) is 0 Å². The van der Waals surface area contributed by atoms with Crippen molar-refractivity contribution in [1.29, 1.82) is 0 Å². The molecule has 1 aliphatic heterocycles. The highest BCUT2D eigenvalue weighted by Crippen LogP contribution is 2.14. The minimum absolute atomic E-state index is 0.00165. The first-order chi connectivity index (χ1) is 13.5. The van der Waals surface area contributed by atoms with Crippen molar-refractivity contribution < 1.29 is 18.3 Å². The highest BCUT2D eigenvalue weighted by molar-refractivity contribution is 5.73. The highest BCUT2D eigenvalue weighted by Gasteiger charge is 2.16. The van der Waals surface area contributed by atoms with E-state index in [1.54, 1.807) is 7.05 Å². The maximum atomic E-state index is 12.9. The number of ether oxygens (including phenoxy) is 1. The van der Waals surface area contributed by atoms with Crippen molar-refractivity contribution in [2.75, 3.05) is 33.4 Å². The molecule has 0 radical (unpaired) electrons. The molecule has 2 amide bonds. The molecule has 0 bridgehead atoms. The molecular weight excluding hydrogens is 368 g/mol. The second kappa shape index (κ2) is 9.61. The van der Waals surface area contributed by atoms with Crippen molar-refractivity contribution in [1.82, 2.24) is 24.7 Å². The number of halogens is 2. The van der Waals surface area contributed by atoms with Crippen LogP contribution in [0.2, 0.25) is 0 Å². The van der Waals surface area contributed by atoms with E-state index in [-0.39, 0.29) is 18.4 Å². The number of hydrogen-bond acceptors (Lipinski definition) is 4. The normalized spacial score (nSPS) is 15.0. The molecule has 0 aliphatic carbocycles. The lowest BCUT2D eigenvalue weighted by molar-refractivity contribution is 0.0342. The van der Waals surface area contributed by atoms with E-state index in [9.17, 15) is 13.6 Å². The molecule has 0 atom stereocenters. The Morgan fingerprint density at radius 3 is 2.61 bits per heavy atom. The smallest absolute Gasteiger partial charge is 0.319 e. The summed E-state index contributed by atoms with van der Waals surface area (Å²) in [4.78, 5) is 19.8. The Bertz CT molecular complexity index is 760. The van der Waals surface area contributed by atoms with Gasteiger partial charge in [-0.25, -0.2) is 9.78 Å². The van der Waals surface area contributed by atoms with Gasteiger partial charge < -0.3 is 15.0 Å². The number of imidazole rings is 1. The summed E-state index contributed by atoms with van der Waals surface area (Å²) < 4.78 is 31.8. The zero-order chi connectivity index (χ0) is 19.9. The number of aromatic nitrogens is 2. The van der Waals surface area contributed by atoms with Crippen LogP contribution >= 0.6 is 0 Å². The number of nitrogens with one attached hydrogen (secondary N) is 1. The SMILES string of the molecule is CN(Cc1nccn1C(F)F)C(=O)NCc1ccc(CN2CCOCC2)cc1. The van der Waals surface area contributed by atoms with Gasteiger partial charge in [0.15, 0.2) is 0 Å². The monoisotopic (exact) mass is 393 g/mol. The van der Waals surface area contributed by atoms with Gasteiger partial charge in [0.1, 0.15) is 5.82 Å². The third-order valence-electron chi connectivity index (χ3n) is 4.66. The summed E-state index contributed by atoms with van der Waals surface area (Å²) in [6, 6.07) is 7.74. The molecule has 0 saturated carbocycles. The van der Waals surface area contributed by atoms with Crippen molar-refractivity contribution in [3.63, 3.8) is 0 Å². The summed E-state index contributed by atoms with van der Waals surface area (Å²) in [6.07, 6.45) is 2.50. The standard InChI is InChI=1S/C19H25F2N5O2/c1-24(14-17-22-6-7-26(17)18(20)21)19(27)23-12-15-2-4-16(5-3-15)13-25-8-10-28-11-9-25/h2-7,18H,8-14H2,1H3,(H,23,27). The van der Waals surface area contributed by atoms with E-state index in [0.717, 1.165) is 43.0 Å². The number of rotatable bonds is 7. The Hall–Kier alpha value is -2.52. The Morgan fingerprint density at radius 2 is 1.93 bits per heavy atom. The van der Waals surface area contributed by atoms with E-state index in [1.165, 1.54) is 22.9 Å². The average Bonchev–Trinajstić information content (AvgIpc) is 3.16. The van der Waals surface area contributed by atoms with Crippen LogP contribution in [0.1, 0.15) is 23.5 Å². The van der Waals surface area contributed by atoms with Crippen molar-refractivity contribution >= 4 is 6.03 Å². The van der Waals surface area contributed by atoms with Crippen LogP contribution in [0.15, 0.2) is 36.7 Å². The lowest BCUT2D eigenvalue weighted by atomic mass is 10.1. The van der Waals surface area contributed by atoms with Crippen LogP contribution in [0.4, 0.5) is 13.6 Å². The first kappa shape index (κ1) is 20.2. The molecule has 0 spiro atoms. The summed E-state index contributed by atoms with van der Waals surface area (Å²) in [6.45, 7) is 2.00. The van der Waals surface area contributed by atoms with E-state index in [1.807, 2.05) is 12.1 Å². The third-order valence-corrected chi connectivity index (χ3v) is 4.66. The van der Waals surface area contributed by atoms with Gasteiger partial charge in [-0.05, 0) is 11.1 Å². The molecule has 1 aromatic carbocycles. The molecule has 152 valence electrons. The van der Waals surface area contributed by atoms with E-state index in [4.69, 9.17) is 4.74 Å². The number of benzene rings is 1. The molecule has 1 fully saturated rings. The van der Waals surface area contributed by atoms with Crippen molar-refractivity contribution in [3.8, 4) is 0 Å². The summed E-state index contributed by atoms with van der Waals surface area (Å²) in [5.41, 5.74) is 2.19. The third kappa shape index (κ3) is 5.49. The molecule has 2 aromatic rings. The maximum Gasteiger partial charge on any atom is 0.319 e. The van der Waals surface area contributed by atoms with Gasteiger partial charge in [0.2, 0.25) is 0 Å². The predicted molar refractivity (Wildman–Crippen MR) is 99.7 cm³/mol. The Morgan fingerprint density at radius 1 is 1.25 bits per heavy atom. The minimum Gasteiger partial charge on any atom is -0.379 e. The predicted octanol–water partition coefficient (Wildman–Crippen LogP) is 2.45. The van der Waals surface area contributed by atoms with Gasteiger partial charge in [-0.1, -0.05) is 24.3 Å². The number of hydrogen-bond donors (Lipinski definition) is 1. The van der Waals surface area contributed by atoms with Crippen LogP contribution in [0.5, 0.6) is 0 Å². The van der Waals surface area contributed by atoms with Crippen LogP contribution in [0.3, 0.4) is 0 Å². The summed E-state index contributed by atoms with van der Waals surface area (Å²) in [7, 11) is 1.55. The molecule has 1 aliphatic rings. The molecule has 7 nitrogen and oxygen atoms in total. The van der Waals surface area contributed by atoms with Crippen LogP contribution < -0.4 is 5.32 Å². The molecule has 1 aromatic heterocycles. The van der Waals surface area contributed by atoms with Crippen molar-refractivity contribution in [2.45, 2.75) is 26.2 Å². The first-order valence-electron chi connectivity index (χ1n) is 9.19. The van der Waals surface area contributed by atoms with Gasteiger partial charge in [-0.15, -0.1) is 0 Å². The number of alkyl halides is 2. The molecule has 28 heavy (non-hydrogen) atoms. The Balaban J connectivity index is 1.46. The highest BCUT2D eigenvalue weighted by atomic mass is 19.3. The van der Waals surface area contributed by atoms with Gasteiger partial charge in [0, 0.05) is 45.6 Å². The molecule has 3 rings (SSSR count). The molecular formula is C19H25F2N5O2. The van der Waals surface area contributed by atoms with Gasteiger partial charge in [0.25, 0.3) is 0 Å². The topological polar surface area (TPSA) is 62.6 Å². The van der Waals surface area contributed by atoms with Crippen LogP contribution in [-0.4, -0.2) is 58.7 Å². The molecule has 1 N–H and O–H groups in total. The Labute approximate surface area is 162 Å². The second-order valence-corrected chi connectivity index (χ2v) is 6.75. The minimum atomic E-state index is -2.68. The van der Waals surface area contributed by atoms with Gasteiger partial charge in [0.05, 0.1) is 19.8 Å². The molecule has 9 heteroatoms. The molecule has 0 unspecified atom stereocenters. The van der Waals surface area contributed by atoms with E-state index in [2.05, 4.69) is 27.3 Å². The van der Waals surface area contributed by atoms with E-state index in [0.29, 0.717) is 6.54 Å². The van der Waals surface area contributed by atoms with Crippen molar-refractivity contribution in [3.05, 3.63) is 53.6 Å². The number of carbonyl (C=O) groups excluding carboxylic acids is 1. The lowest BCUT2D eigenvalue weighted by Crippen LogP contribution is -2.37. The summed E-state index contributed by atoms with van der Waals surface area (Å²) in [5.74, 6) is 0.139. The maximum absolute atomic E-state index is 12.9. The molecule has 2 heterocycles. The largest absolute Gasteiger partial charge is 0.379 e.